The van der Waals surface area contributed by atoms with Gasteiger partial charge >= 0.3 is 0 Å². The van der Waals surface area contributed by atoms with Crippen LogP contribution < -0.4 is 10.2 Å². The fraction of sp³-hybridized carbons (Fsp3) is 0.727. The van der Waals surface area contributed by atoms with E-state index in [1.165, 1.54) is 0 Å². The average molecular weight is 575 g/mol. The highest BCUT2D eigenvalue weighted by molar-refractivity contribution is 14.0. The fourth-order valence-corrected chi connectivity index (χ4v) is 4.01. The summed E-state index contributed by atoms with van der Waals surface area (Å²) in [7, 11) is 1.68. The number of aliphatic imine (C=N–C) groups is 1. The van der Waals surface area contributed by atoms with Gasteiger partial charge in [0.05, 0.1) is 26.4 Å². The first-order chi connectivity index (χ1) is 15.7. The molecule has 1 aromatic rings. The van der Waals surface area contributed by atoms with Crippen molar-refractivity contribution < 1.29 is 14.3 Å². The molecule has 2 saturated heterocycles. The maximum atomic E-state index is 12.7. The van der Waals surface area contributed by atoms with Crippen LogP contribution in [0.25, 0.3) is 0 Å². The molecule has 1 aromatic heterocycles. The molecule has 0 aromatic carbocycles. The number of hydrogen-bond donors (Lipinski definition) is 1. The lowest BCUT2D eigenvalue weighted by Crippen LogP contribution is -2.49. The van der Waals surface area contributed by atoms with E-state index in [9.17, 15) is 4.79 Å². The van der Waals surface area contributed by atoms with Crippen LogP contribution in [-0.4, -0.2) is 111 Å². The second-order valence-electron chi connectivity index (χ2n) is 8.07. The molecule has 1 amide bonds. The van der Waals surface area contributed by atoms with Crippen LogP contribution in [0.3, 0.4) is 0 Å². The zero-order valence-corrected chi connectivity index (χ0v) is 22.1. The second-order valence-corrected chi connectivity index (χ2v) is 8.07. The topological polar surface area (TPSA) is 95.4 Å². The molecule has 0 saturated carbocycles. The Morgan fingerprint density at radius 3 is 2.61 bits per heavy atom. The summed E-state index contributed by atoms with van der Waals surface area (Å²) >= 11 is 0. The summed E-state index contributed by atoms with van der Waals surface area (Å²) in [5, 5.41) is 3.37. The molecule has 33 heavy (non-hydrogen) atoms. The molecule has 1 unspecified atom stereocenters. The first-order valence-electron chi connectivity index (χ1n) is 11.6. The summed E-state index contributed by atoms with van der Waals surface area (Å²) in [5.74, 6) is 2.28. The number of hydrogen-bond acceptors (Lipinski definition) is 7. The summed E-state index contributed by atoms with van der Waals surface area (Å²) in [6, 6.07) is 1.81. The molecule has 186 valence electrons. The van der Waals surface area contributed by atoms with Crippen LogP contribution in [-0.2, 0) is 14.3 Å². The van der Waals surface area contributed by atoms with Gasteiger partial charge in [0.1, 0.15) is 0 Å². The van der Waals surface area contributed by atoms with Crippen LogP contribution in [0, 0.1) is 5.92 Å². The Morgan fingerprint density at radius 1 is 1.15 bits per heavy atom. The third kappa shape index (κ3) is 8.85. The lowest BCUT2D eigenvalue weighted by atomic mass is 10.1. The Hall–Kier alpha value is -1.73. The quantitative estimate of drug-likeness (QED) is 0.192. The third-order valence-corrected chi connectivity index (χ3v) is 5.76. The molecule has 2 aliphatic rings. The monoisotopic (exact) mass is 575 g/mol. The Bertz CT molecular complexity index is 717. The smallest absolute Gasteiger partial charge is 0.225 e. The van der Waals surface area contributed by atoms with Crippen molar-refractivity contribution in [1.82, 2.24) is 25.1 Å². The SMILES string of the molecule is CCNC(=NCCC(=O)N1CCN(c2ncccn2)CC1)N1CCC(COCCOC)C1.I. The van der Waals surface area contributed by atoms with Gasteiger partial charge in [-0.1, -0.05) is 0 Å². The van der Waals surface area contributed by atoms with Crippen molar-refractivity contribution in [2.24, 2.45) is 10.9 Å². The van der Waals surface area contributed by atoms with E-state index in [1.54, 1.807) is 19.5 Å². The summed E-state index contributed by atoms with van der Waals surface area (Å²) in [6.45, 7) is 10.2. The molecule has 3 rings (SSSR count). The van der Waals surface area contributed by atoms with E-state index in [0.717, 1.165) is 57.7 Å². The number of aromatic nitrogens is 2. The number of amides is 1. The molecule has 0 spiro atoms. The predicted octanol–water partition coefficient (Wildman–Crippen LogP) is 1.08. The molecule has 1 atom stereocenters. The number of likely N-dealkylation sites (tertiary alicyclic amines) is 1. The lowest BCUT2D eigenvalue weighted by molar-refractivity contribution is -0.131. The van der Waals surface area contributed by atoms with Crippen molar-refractivity contribution in [3.05, 3.63) is 18.5 Å². The van der Waals surface area contributed by atoms with Crippen LogP contribution in [0.15, 0.2) is 23.5 Å². The first-order valence-corrected chi connectivity index (χ1v) is 11.6. The number of anilines is 1. The second kappa shape index (κ2) is 15.2. The summed E-state index contributed by atoms with van der Waals surface area (Å²) in [5.41, 5.74) is 0. The molecule has 2 aliphatic heterocycles. The van der Waals surface area contributed by atoms with Crippen molar-refractivity contribution in [3.63, 3.8) is 0 Å². The first kappa shape index (κ1) is 27.5. The van der Waals surface area contributed by atoms with Gasteiger partial charge in [-0.05, 0) is 19.4 Å². The highest BCUT2D eigenvalue weighted by Crippen LogP contribution is 2.17. The minimum atomic E-state index is 0. The van der Waals surface area contributed by atoms with Gasteiger partial charge in [0.2, 0.25) is 11.9 Å². The van der Waals surface area contributed by atoms with E-state index >= 15 is 0 Å². The van der Waals surface area contributed by atoms with Crippen molar-refractivity contribution in [3.8, 4) is 0 Å². The summed E-state index contributed by atoms with van der Waals surface area (Å²) in [4.78, 5) is 32.3. The van der Waals surface area contributed by atoms with Gasteiger partial charge in [0.25, 0.3) is 0 Å². The Morgan fingerprint density at radius 2 is 1.91 bits per heavy atom. The third-order valence-electron chi connectivity index (χ3n) is 5.76. The van der Waals surface area contributed by atoms with E-state index in [4.69, 9.17) is 14.5 Å². The maximum Gasteiger partial charge on any atom is 0.225 e. The molecule has 1 N–H and O–H groups in total. The fourth-order valence-electron chi connectivity index (χ4n) is 4.01. The van der Waals surface area contributed by atoms with Gasteiger partial charge in [-0.2, -0.15) is 0 Å². The largest absolute Gasteiger partial charge is 0.382 e. The minimum absolute atomic E-state index is 0. The Kier molecular flexibility index (Phi) is 12.7. The number of rotatable bonds is 10. The van der Waals surface area contributed by atoms with Gasteiger partial charge in [0, 0.05) is 77.7 Å². The standard InChI is InChI=1S/C22H37N7O3.HI/c1-3-23-21(29-10-6-19(17-29)18-32-16-15-31-2)26-9-5-20(30)27-11-13-28(14-12-27)22-24-7-4-8-25-22;/h4,7-8,19H,3,5-6,9-18H2,1-2H3,(H,23,26);1H. The van der Waals surface area contributed by atoms with E-state index in [2.05, 4.69) is 32.0 Å². The number of carbonyl (C=O) groups excluding carboxylic acids is 1. The molecule has 10 nitrogen and oxygen atoms in total. The van der Waals surface area contributed by atoms with Gasteiger partial charge < -0.3 is 29.5 Å². The zero-order chi connectivity index (χ0) is 22.6. The van der Waals surface area contributed by atoms with Crippen molar-refractivity contribution in [2.75, 3.05) is 84.2 Å². The molecule has 3 heterocycles. The molecule has 11 heteroatoms. The van der Waals surface area contributed by atoms with Crippen LogP contribution in [0.2, 0.25) is 0 Å². The normalized spacial score (nSPS) is 18.9. The number of nitrogens with one attached hydrogen (secondary N) is 1. The number of halogens is 1. The van der Waals surface area contributed by atoms with Crippen LogP contribution in [0.1, 0.15) is 19.8 Å². The molecule has 0 aliphatic carbocycles. The minimum Gasteiger partial charge on any atom is -0.382 e. The predicted molar refractivity (Wildman–Crippen MR) is 139 cm³/mol. The highest BCUT2D eigenvalue weighted by Gasteiger charge is 2.25. The number of carbonyl (C=O) groups is 1. The average Bonchev–Trinajstić information content (AvgIpc) is 3.31. The van der Waals surface area contributed by atoms with Gasteiger partial charge in [0.15, 0.2) is 5.96 Å². The van der Waals surface area contributed by atoms with Crippen molar-refractivity contribution in [2.45, 2.75) is 19.8 Å². The van der Waals surface area contributed by atoms with E-state index in [1.807, 2.05) is 11.0 Å². The molecule has 0 radical (unpaired) electrons. The molecule has 0 bridgehead atoms. The van der Waals surface area contributed by atoms with Crippen molar-refractivity contribution >= 4 is 41.8 Å². The van der Waals surface area contributed by atoms with Crippen molar-refractivity contribution in [1.29, 1.82) is 0 Å². The maximum absolute atomic E-state index is 12.7. The lowest BCUT2D eigenvalue weighted by Gasteiger charge is -2.34. The van der Waals surface area contributed by atoms with Crippen LogP contribution >= 0.6 is 24.0 Å². The van der Waals surface area contributed by atoms with Crippen LogP contribution in [0.5, 0.6) is 0 Å². The van der Waals surface area contributed by atoms with Gasteiger partial charge in [-0.15, -0.1) is 24.0 Å². The number of piperazine rings is 1. The summed E-state index contributed by atoms with van der Waals surface area (Å²) in [6.07, 6.45) is 5.01. The highest BCUT2D eigenvalue weighted by atomic mass is 127. The number of methoxy groups -OCH3 is 1. The molecule has 2 fully saturated rings. The van der Waals surface area contributed by atoms with Gasteiger partial charge in [-0.25, -0.2) is 9.97 Å². The van der Waals surface area contributed by atoms with E-state index < -0.39 is 0 Å². The molecular formula is C22H38IN7O3. The van der Waals surface area contributed by atoms with Crippen LogP contribution in [0.4, 0.5) is 5.95 Å². The Labute approximate surface area is 214 Å². The number of nitrogens with zero attached hydrogens (tertiary/aromatic N) is 6. The zero-order valence-electron chi connectivity index (χ0n) is 19.8. The van der Waals surface area contributed by atoms with Gasteiger partial charge in [-0.3, -0.25) is 9.79 Å². The number of ether oxygens (including phenoxy) is 2. The number of guanidine groups is 1. The Balaban J connectivity index is 0.00000385. The van der Waals surface area contributed by atoms with E-state index in [0.29, 0.717) is 45.2 Å². The summed E-state index contributed by atoms with van der Waals surface area (Å²) < 4.78 is 10.7. The van der Waals surface area contributed by atoms with E-state index in [-0.39, 0.29) is 29.9 Å². The molecular weight excluding hydrogens is 537 g/mol.